The van der Waals surface area contributed by atoms with Gasteiger partial charge in [0.1, 0.15) is 0 Å². The monoisotopic (exact) mass is 284 g/mol. The van der Waals surface area contributed by atoms with Crippen molar-refractivity contribution in [3.63, 3.8) is 0 Å². The number of nitrogens with two attached hydrogens (primary N) is 1. The zero-order valence-corrected chi connectivity index (χ0v) is 12.9. The van der Waals surface area contributed by atoms with Crippen LogP contribution in [0.1, 0.15) is 30.6 Å². The average molecular weight is 284 g/mol. The van der Waals surface area contributed by atoms with Gasteiger partial charge in [0.25, 0.3) is 5.91 Å². The molecule has 0 aliphatic carbocycles. The van der Waals surface area contributed by atoms with Gasteiger partial charge in [-0.25, -0.2) is 0 Å². The molecule has 2 aromatic rings. The quantitative estimate of drug-likeness (QED) is 0.884. The Morgan fingerprint density at radius 1 is 1.14 bits per heavy atom. The van der Waals surface area contributed by atoms with Crippen molar-refractivity contribution in [1.82, 2.24) is 4.90 Å². The Hall–Kier alpha value is -1.87. The van der Waals surface area contributed by atoms with Gasteiger partial charge in [0.2, 0.25) is 0 Å². The SMILES string of the molecule is CC(C)CN(CCCN)C(=O)c1ccc2ccccc2c1. The van der Waals surface area contributed by atoms with Crippen LogP contribution in [0.2, 0.25) is 0 Å². The second-order valence-corrected chi connectivity index (χ2v) is 5.85. The van der Waals surface area contributed by atoms with E-state index in [2.05, 4.69) is 19.9 Å². The van der Waals surface area contributed by atoms with Crippen molar-refractivity contribution in [3.05, 3.63) is 48.0 Å². The number of hydrogen-bond acceptors (Lipinski definition) is 2. The maximum atomic E-state index is 12.7. The van der Waals surface area contributed by atoms with Gasteiger partial charge in [0.05, 0.1) is 0 Å². The van der Waals surface area contributed by atoms with Gasteiger partial charge in [-0.3, -0.25) is 4.79 Å². The summed E-state index contributed by atoms with van der Waals surface area (Å²) in [4.78, 5) is 14.6. The van der Waals surface area contributed by atoms with Crippen LogP contribution in [0.4, 0.5) is 0 Å². The van der Waals surface area contributed by atoms with Gasteiger partial charge in [0, 0.05) is 18.7 Å². The lowest BCUT2D eigenvalue weighted by Crippen LogP contribution is -2.35. The molecule has 0 aliphatic rings. The van der Waals surface area contributed by atoms with Crippen LogP contribution in [0.15, 0.2) is 42.5 Å². The highest BCUT2D eigenvalue weighted by atomic mass is 16.2. The summed E-state index contributed by atoms with van der Waals surface area (Å²) in [6.07, 6.45) is 0.839. The van der Waals surface area contributed by atoms with E-state index in [9.17, 15) is 4.79 Å². The first-order valence-electron chi connectivity index (χ1n) is 7.60. The number of amides is 1. The van der Waals surface area contributed by atoms with E-state index < -0.39 is 0 Å². The molecule has 21 heavy (non-hydrogen) atoms. The number of rotatable bonds is 6. The molecule has 0 saturated heterocycles. The average Bonchev–Trinajstić information content (AvgIpc) is 2.50. The fourth-order valence-electron chi connectivity index (χ4n) is 2.50. The van der Waals surface area contributed by atoms with Gasteiger partial charge in [-0.05, 0) is 41.8 Å². The Labute approximate surface area is 126 Å². The molecule has 0 spiro atoms. The molecule has 0 saturated carbocycles. The molecule has 0 aromatic heterocycles. The summed E-state index contributed by atoms with van der Waals surface area (Å²) >= 11 is 0. The van der Waals surface area contributed by atoms with Crippen molar-refractivity contribution in [2.24, 2.45) is 11.7 Å². The largest absolute Gasteiger partial charge is 0.338 e. The number of carbonyl (C=O) groups is 1. The van der Waals surface area contributed by atoms with Gasteiger partial charge in [-0.15, -0.1) is 0 Å². The van der Waals surface area contributed by atoms with Crippen molar-refractivity contribution >= 4 is 16.7 Å². The molecule has 2 rings (SSSR count). The summed E-state index contributed by atoms with van der Waals surface area (Å²) < 4.78 is 0. The van der Waals surface area contributed by atoms with Gasteiger partial charge < -0.3 is 10.6 Å². The molecule has 0 atom stereocenters. The van der Waals surface area contributed by atoms with Crippen LogP contribution >= 0.6 is 0 Å². The van der Waals surface area contributed by atoms with E-state index >= 15 is 0 Å². The molecule has 1 amide bonds. The van der Waals surface area contributed by atoms with Crippen LogP contribution in [-0.2, 0) is 0 Å². The molecule has 0 bridgehead atoms. The number of carbonyl (C=O) groups excluding carboxylic acids is 1. The van der Waals surface area contributed by atoms with Crippen LogP contribution in [-0.4, -0.2) is 30.4 Å². The fourth-order valence-corrected chi connectivity index (χ4v) is 2.50. The predicted molar refractivity (Wildman–Crippen MR) is 88.4 cm³/mol. The summed E-state index contributed by atoms with van der Waals surface area (Å²) in [6, 6.07) is 14.0. The Bertz CT molecular complexity index is 607. The molecule has 0 radical (unpaired) electrons. The fraction of sp³-hybridized carbons (Fsp3) is 0.389. The van der Waals surface area contributed by atoms with Crippen molar-refractivity contribution in [3.8, 4) is 0 Å². The zero-order valence-electron chi connectivity index (χ0n) is 12.9. The van der Waals surface area contributed by atoms with Crippen molar-refractivity contribution < 1.29 is 4.79 Å². The summed E-state index contributed by atoms with van der Waals surface area (Å²) in [5.41, 5.74) is 6.34. The molecule has 2 N–H and O–H groups in total. The highest BCUT2D eigenvalue weighted by Gasteiger charge is 2.16. The normalized spacial score (nSPS) is 11.0. The number of fused-ring (bicyclic) bond motifs is 1. The lowest BCUT2D eigenvalue weighted by Gasteiger charge is -2.24. The van der Waals surface area contributed by atoms with Gasteiger partial charge in [-0.1, -0.05) is 44.2 Å². The number of nitrogens with zero attached hydrogens (tertiary/aromatic N) is 1. The van der Waals surface area contributed by atoms with Crippen LogP contribution in [0, 0.1) is 5.92 Å². The molecular formula is C18H24N2O. The molecule has 2 aromatic carbocycles. The first-order valence-corrected chi connectivity index (χ1v) is 7.60. The summed E-state index contributed by atoms with van der Waals surface area (Å²) in [5, 5.41) is 2.26. The summed E-state index contributed by atoms with van der Waals surface area (Å²) in [7, 11) is 0. The molecule has 0 aliphatic heterocycles. The van der Waals surface area contributed by atoms with E-state index in [0.29, 0.717) is 12.5 Å². The summed E-state index contributed by atoms with van der Waals surface area (Å²) in [5.74, 6) is 0.551. The van der Waals surface area contributed by atoms with Gasteiger partial charge in [-0.2, -0.15) is 0 Å². The molecule has 3 nitrogen and oxygen atoms in total. The van der Waals surface area contributed by atoms with Crippen molar-refractivity contribution in [2.75, 3.05) is 19.6 Å². The predicted octanol–water partition coefficient (Wildman–Crippen LogP) is 3.29. The second kappa shape index (κ2) is 7.23. The molecular weight excluding hydrogens is 260 g/mol. The zero-order chi connectivity index (χ0) is 15.2. The molecule has 0 unspecified atom stereocenters. The Morgan fingerprint density at radius 2 is 1.86 bits per heavy atom. The highest BCUT2D eigenvalue weighted by molar-refractivity contribution is 5.98. The van der Waals surface area contributed by atoms with E-state index in [4.69, 9.17) is 5.73 Å². The maximum Gasteiger partial charge on any atom is 0.253 e. The van der Waals surface area contributed by atoms with Crippen LogP contribution in [0.3, 0.4) is 0 Å². The summed E-state index contributed by atoms with van der Waals surface area (Å²) in [6.45, 7) is 6.36. The van der Waals surface area contributed by atoms with Gasteiger partial charge in [0.15, 0.2) is 0 Å². The number of hydrogen-bond donors (Lipinski definition) is 1. The van der Waals surface area contributed by atoms with Crippen LogP contribution in [0.25, 0.3) is 10.8 Å². The topological polar surface area (TPSA) is 46.3 Å². The van der Waals surface area contributed by atoms with Crippen LogP contribution in [0.5, 0.6) is 0 Å². The molecule has 112 valence electrons. The Morgan fingerprint density at radius 3 is 2.52 bits per heavy atom. The minimum Gasteiger partial charge on any atom is -0.338 e. The van der Waals surface area contributed by atoms with E-state index in [1.165, 1.54) is 0 Å². The highest BCUT2D eigenvalue weighted by Crippen LogP contribution is 2.17. The van der Waals surface area contributed by atoms with E-state index in [1.807, 2.05) is 41.3 Å². The van der Waals surface area contributed by atoms with E-state index in [-0.39, 0.29) is 5.91 Å². The third kappa shape index (κ3) is 4.05. The van der Waals surface area contributed by atoms with Gasteiger partial charge >= 0.3 is 0 Å². The molecule has 0 fully saturated rings. The van der Waals surface area contributed by atoms with E-state index in [1.54, 1.807) is 0 Å². The first kappa shape index (κ1) is 15.5. The lowest BCUT2D eigenvalue weighted by atomic mass is 10.1. The smallest absolute Gasteiger partial charge is 0.253 e. The Kier molecular flexibility index (Phi) is 5.34. The first-order chi connectivity index (χ1) is 10.1. The standard InChI is InChI=1S/C18H24N2O/c1-14(2)13-20(11-5-10-19)18(21)17-9-8-15-6-3-4-7-16(15)12-17/h3-4,6-9,12,14H,5,10-11,13,19H2,1-2H3. The third-order valence-electron chi connectivity index (χ3n) is 3.50. The van der Waals surface area contributed by atoms with Crippen LogP contribution < -0.4 is 5.73 Å². The Balaban J connectivity index is 2.24. The van der Waals surface area contributed by atoms with Crippen molar-refractivity contribution in [1.29, 1.82) is 0 Å². The minimum absolute atomic E-state index is 0.0999. The molecule has 0 heterocycles. The maximum absolute atomic E-state index is 12.7. The van der Waals surface area contributed by atoms with E-state index in [0.717, 1.165) is 35.8 Å². The number of benzene rings is 2. The lowest BCUT2D eigenvalue weighted by molar-refractivity contribution is 0.0735. The van der Waals surface area contributed by atoms with Crippen molar-refractivity contribution in [2.45, 2.75) is 20.3 Å². The third-order valence-corrected chi connectivity index (χ3v) is 3.50. The minimum atomic E-state index is 0.0999. The molecule has 3 heteroatoms. The second-order valence-electron chi connectivity index (χ2n) is 5.85.